The Labute approximate surface area is 317 Å². The lowest BCUT2D eigenvalue weighted by molar-refractivity contribution is -0.139. The van der Waals surface area contributed by atoms with Gasteiger partial charge in [0.1, 0.15) is 0 Å². The molecular formula is C44H76O8. The number of carbonyl (C=O) groups is 4. The summed E-state index contributed by atoms with van der Waals surface area (Å²) in [6.07, 6.45) is 39.1. The average Bonchev–Trinajstić information content (AvgIpc) is 3.12. The van der Waals surface area contributed by atoms with Crippen molar-refractivity contribution in [1.82, 2.24) is 0 Å². The van der Waals surface area contributed by atoms with Gasteiger partial charge in [-0.15, -0.1) is 0 Å². The Morgan fingerprint density at radius 2 is 0.750 bits per heavy atom. The Morgan fingerprint density at radius 1 is 0.442 bits per heavy atom. The predicted octanol–water partition coefficient (Wildman–Crippen LogP) is 11.8. The predicted molar refractivity (Wildman–Crippen MR) is 210 cm³/mol. The number of esters is 2. The Balaban J connectivity index is 2.62. The van der Waals surface area contributed by atoms with Crippen LogP contribution in [0.25, 0.3) is 0 Å². The molecule has 0 heterocycles. The van der Waals surface area contributed by atoms with E-state index in [-0.39, 0.29) is 0 Å². The van der Waals surface area contributed by atoms with Crippen molar-refractivity contribution in [2.24, 2.45) is 23.7 Å². The molecule has 2 N–H and O–H groups in total. The molecule has 1 fully saturated rings. The molecule has 8 heteroatoms. The lowest BCUT2D eigenvalue weighted by atomic mass is 9.61. The molecule has 1 saturated carbocycles. The normalized spacial score (nSPS) is 19.0. The number of unbranched alkanes of at least 4 members (excludes halogenated alkanes) is 18. The van der Waals surface area contributed by atoms with Crippen LogP contribution in [-0.4, -0.2) is 47.3 Å². The minimum absolute atomic E-state index is 0.343. The van der Waals surface area contributed by atoms with E-state index in [0.717, 1.165) is 86.5 Å². The molecule has 1 aliphatic rings. The van der Waals surface area contributed by atoms with Crippen LogP contribution in [0.5, 0.6) is 0 Å². The quantitative estimate of drug-likeness (QED) is 0.0380. The van der Waals surface area contributed by atoms with Gasteiger partial charge >= 0.3 is 23.9 Å². The number of carboxylic acid groups (broad SMARTS) is 2. The second kappa shape index (κ2) is 33.0. The molecule has 0 aromatic carbocycles. The molecule has 0 bridgehead atoms. The SMILES string of the molecule is CCCCCCCCC1C(CCCCCC)CCC(CCCCCCCCOC(=O)/C=C\C(=O)O)C1CCCCCCCCOC(=O)/C=C\C(=O)O. The molecule has 4 atom stereocenters. The van der Waals surface area contributed by atoms with Gasteiger partial charge in [0.05, 0.1) is 13.2 Å². The summed E-state index contributed by atoms with van der Waals surface area (Å²) < 4.78 is 10.2. The maximum absolute atomic E-state index is 11.6. The third-order valence-electron chi connectivity index (χ3n) is 11.1. The topological polar surface area (TPSA) is 127 Å². The van der Waals surface area contributed by atoms with Gasteiger partial charge in [0.2, 0.25) is 0 Å². The third kappa shape index (κ3) is 26.2. The van der Waals surface area contributed by atoms with E-state index in [1.165, 1.54) is 141 Å². The molecule has 0 spiro atoms. The zero-order chi connectivity index (χ0) is 38.1. The van der Waals surface area contributed by atoms with E-state index < -0.39 is 23.9 Å². The molecule has 4 unspecified atom stereocenters. The lowest BCUT2D eigenvalue weighted by Gasteiger charge is -2.44. The van der Waals surface area contributed by atoms with Gasteiger partial charge in [-0.25, -0.2) is 19.2 Å². The Morgan fingerprint density at radius 3 is 1.12 bits per heavy atom. The summed E-state index contributed by atoms with van der Waals surface area (Å²) in [4.78, 5) is 44.2. The van der Waals surface area contributed by atoms with Crippen LogP contribution >= 0.6 is 0 Å². The maximum Gasteiger partial charge on any atom is 0.331 e. The van der Waals surface area contributed by atoms with Gasteiger partial charge in [-0.1, -0.05) is 155 Å². The van der Waals surface area contributed by atoms with E-state index >= 15 is 0 Å². The van der Waals surface area contributed by atoms with Crippen LogP contribution in [0.3, 0.4) is 0 Å². The highest BCUT2D eigenvalue weighted by atomic mass is 16.5. The average molecular weight is 733 g/mol. The van der Waals surface area contributed by atoms with Gasteiger partial charge < -0.3 is 19.7 Å². The monoisotopic (exact) mass is 733 g/mol. The molecule has 0 radical (unpaired) electrons. The summed E-state index contributed by atoms with van der Waals surface area (Å²) in [6.45, 7) is 5.29. The maximum atomic E-state index is 11.6. The van der Waals surface area contributed by atoms with Gasteiger partial charge in [-0.2, -0.15) is 0 Å². The molecule has 0 aliphatic heterocycles. The highest BCUT2D eigenvalue weighted by molar-refractivity contribution is 5.91. The first-order valence-electron chi connectivity index (χ1n) is 21.4. The number of rotatable bonds is 34. The van der Waals surface area contributed by atoms with Crippen molar-refractivity contribution in [2.45, 2.75) is 194 Å². The fraction of sp³-hybridized carbons (Fsp3) is 0.818. The van der Waals surface area contributed by atoms with Crippen molar-refractivity contribution in [3.05, 3.63) is 24.3 Å². The summed E-state index contributed by atoms with van der Waals surface area (Å²) in [5.41, 5.74) is 0. The van der Waals surface area contributed by atoms with Gasteiger partial charge in [-0.05, 0) is 62.2 Å². The number of carboxylic acids is 2. The summed E-state index contributed by atoms with van der Waals surface area (Å²) in [6, 6.07) is 0. The molecule has 0 saturated heterocycles. The standard InChI is InChI=1S/C44H76O8/c1-3-5-7-9-15-21-27-39-37(25-19-8-6-4-2)29-30-38(26-20-14-10-12-17-23-35-51-43(49)33-31-41(45)46)40(39)28-22-16-11-13-18-24-36-52-44(50)34-32-42(47)48/h31-34,37-40H,3-30,35-36H2,1-2H3,(H,45,46)(H,47,48)/b33-31-,34-32-. The molecular weight excluding hydrogens is 656 g/mol. The molecule has 0 aromatic heterocycles. The Bertz CT molecular complexity index is 989. The Hall–Kier alpha value is -2.64. The molecule has 300 valence electrons. The first kappa shape index (κ1) is 47.4. The van der Waals surface area contributed by atoms with Crippen molar-refractivity contribution in [3.8, 4) is 0 Å². The van der Waals surface area contributed by atoms with E-state index in [0.29, 0.717) is 13.2 Å². The largest absolute Gasteiger partial charge is 0.478 e. The third-order valence-corrected chi connectivity index (χ3v) is 11.1. The fourth-order valence-electron chi connectivity index (χ4n) is 8.29. The number of hydrogen-bond donors (Lipinski definition) is 2. The smallest absolute Gasteiger partial charge is 0.331 e. The molecule has 1 rings (SSSR count). The van der Waals surface area contributed by atoms with Crippen molar-refractivity contribution in [1.29, 1.82) is 0 Å². The summed E-state index contributed by atoms with van der Waals surface area (Å²) in [5, 5.41) is 17.2. The number of carbonyl (C=O) groups excluding carboxylic acids is 2. The van der Waals surface area contributed by atoms with Crippen molar-refractivity contribution in [2.75, 3.05) is 13.2 Å². The van der Waals surface area contributed by atoms with Crippen molar-refractivity contribution >= 4 is 23.9 Å². The van der Waals surface area contributed by atoms with Crippen LogP contribution in [0.15, 0.2) is 24.3 Å². The molecule has 8 nitrogen and oxygen atoms in total. The van der Waals surface area contributed by atoms with Crippen molar-refractivity contribution in [3.63, 3.8) is 0 Å². The van der Waals surface area contributed by atoms with Crippen LogP contribution in [0.2, 0.25) is 0 Å². The zero-order valence-corrected chi connectivity index (χ0v) is 33.2. The van der Waals surface area contributed by atoms with E-state index in [1.54, 1.807) is 0 Å². The van der Waals surface area contributed by atoms with Crippen LogP contribution < -0.4 is 0 Å². The number of ether oxygens (including phenoxy) is 2. The summed E-state index contributed by atoms with van der Waals surface area (Å²) in [5.74, 6) is 0.000971. The number of aliphatic carboxylic acids is 2. The minimum atomic E-state index is -1.15. The van der Waals surface area contributed by atoms with Gasteiger partial charge in [0, 0.05) is 24.3 Å². The molecule has 0 amide bonds. The highest BCUT2D eigenvalue weighted by Gasteiger charge is 2.37. The second-order valence-electron chi connectivity index (χ2n) is 15.3. The minimum Gasteiger partial charge on any atom is -0.478 e. The van der Waals surface area contributed by atoms with Crippen molar-refractivity contribution < 1.29 is 38.9 Å². The van der Waals surface area contributed by atoms with Gasteiger partial charge in [0.15, 0.2) is 0 Å². The lowest BCUT2D eigenvalue weighted by Crippen LogP contribution is -2.35. The van der Waals surface area contributed by atoms with Crippen LogP contribution in [0, 0.1) is 23.7 Å². The van der Waals surface area contributed by atoms with Crippen LogP contribution in [0.1, 0.15) is 194 Å². The van der Waals surface area contributed by atoms with E-state index in [4.69, 9.17) is 19.7 Å². The van der Waals surface area contributed by atoms with Gasteiger partial charge in [-0.3, -0.25) is 0 Å². The zero-order valence-electron chi connectivity index (χ0n) is 33.2. The molecule has 1 aliphatic carbocycles. The Kier molecular flexibility index (Phi) is 30.0. The molecule has 0 aromatic rings. The van der Waals surface area contributed by atoms with Gasteiger partial charge in [0.25, 0.3) is 0 Å². The van der Waals surface area contributed by atoms with E-state index in [9.17, 15) is 19.2 Å². The highest BCUT2D eigenvalue weighted by Crippen LogP contribution is 2.47. The number of hydrogen-bond acceptors (Lipinski definition) is 6. The molecule has 52 heavy (non-hydrogen) atoms. The first-order valence-corrected chi connectivity index (χ1v) is 21.4. The second-order valence-corrected chi connectivity index (χ2v) is 15.3. The summed E-state index contributed by atoms with van der Waals surface area (Å²) in [7, 11) is 0. The van der Waals surface area contributed by atoms with Crippen LogP contribution in [-0.2, 0) is 28.7 Å². The van der Waals surface area contributed by atoms with E-state index in [2.05, 4.69) is 13.8 Å². The fourth-order valence-corrected chi connectivity index (χ4v) is 8.29. The van der Waals surface area contributed by atoms with Crippen LogP contribution in [0.4, 0.5) is 0 Å². The van der Waals surface area contributed by atoms with E-state index in [1.807, 2.05) is 0 Å². The first-order chi connectivity index (χ1) is 25.3. The summed E-state index contributed by atoms with van der Waals surface area (Å²) >= 11 is 0.